The molecule has 0 saturated heterocycles. The van der Waals surface area contributed by atoms with Gasteiger partial charge in [0, 0.05) is 19.7 Å². The van der Waals surface area contributed by atoms with E-state index in [4.69, 9.17) is 0 Å². The molecule has 0 heterocycles. The van der Waals surface area contributed by atoms with Crippen LogP contribution in [0.15, 0.2) is 57.8 Å². The average Bonchev–Trinajstić information content (AvgIpc) is 2.48. The molecular weight excluding hydrogens is 296 g/mol. The summed E-state index contributed by atoms with van der Waals surface area (Å²) in [4.78, 5) is 1.96. The van der Waals surface area contributed by atoms with Gasteiger partial charge < -0.3 is 4.90 Å². The van der Waals surface area contributed by atoms with Gasteiger partial charge in [-0.25, -0.2) is 0 Å². The Labute approximate surface area is 132 Å². The first-order valence-electron chi connectivity index (χ1n) is 6.96. The third kappa shape index (κ3) is 3.54. The van der Waals surface area contributed by atoms with E-state index in [9.17, 15) is 8.42 Å². The SMILES string of the molecule is Cc1ccc(C)c(S(=O)(=O)N=C(c2ccccc2)N(C)C)c1. The van der Waals surface area contributed by atoms with Crippen molar-refractivity contribution in [3.05, 3.63) is 65.2 Å². The van der Waals surface area contributed by atoms with E-state index in [1.807, 2.05) is 43.3 Å². The van der Waals surface area contributed by atoms with E-state index in [2.05, 4.69) is 4.40 Å². The van der Waals surface area contributed by atoms with Crippen molar-refractivity contribution in [2.24, 2.45) is 4.40 Å². The Morgan fingerprint density at radius 1 is 1.00 bits per heavy atom. The van der Waals surface area contributed by atoms with Crippen molar-refractivity contribution < 1.29 is 8.42 Å². The highest BCUT2D eigenvalue weighted by Gasteiger charge is 2.19. The maximum atomic E-state index is 12.7. The maximum Gasteiger partial charge on any atom is 0.284 e. The zero-order valence-electron chi connectivity index (χ0n) is 13.2. The third-order valence-electron chi connectivity index (χ3n) is 3.28. The Bertz CT molecular complexity index is 795. The van der Waals surface area contributed by atoms with Crippen molar-refractivity contribution in [3.63, 3.8) is 0 Å². The van der Waals surface area contributed by atoms with Crippen LogP contribution < -0.4 is 0 Å². The summed E-state index contributed by atoms with van der Waals surface area (Å²) in [5.74, 6) is 0.418. The Morgan fingerprint density at radius 2 is 1.64 bits per heavy atom. The molecule has 0 bridgehead atoms. The number of nitrogens with zero attached hydrogens (tertiary/aromatic N) is 2. The smallest absolute Gasteiger partial charge is 0.284 e. The number of benzene rings is 2. The Morgan fingerprint density at radius 3 is 2.23 bits per heavy atom. The summed E-state index contributed by atoms with van der Waals surface area (Å²) >= 11 is 0. The Kier molecular flexibility index (Phi) is 4.66. The summed E-state index contributed by atoms with van der Waals surface area (Å²) < 4.78 is 29.4. The minimum Gasteiger partial charge on any atom is -0.362 e. The van der Waals surface area contributed by atoms with Crippen LogP contribution in [0.3, 0.4) is 0 Å². The van der Waals surface area contributed by atoms with Crippen LogP contribution in [0.4, 0.5) is 0 Å². The lowest BCUT2D eigenvalue weighted by molar-refractivity contribution is 0.591. The summed E-state index contributed by atoms with van der Waals surface area (Å²) in [6.07, 6.45) is 0. The highest BCUT2D eigenvalue weighted by molar-refractivity contribution is 7.90. The summed E-state index contributed by atoms with van der Waals surface area (Å²) in [5, 5.41) is 0. The van der Waals surface area contributed by atoms with Crippen LogP contribution in [0.5, 0.6) is 0 Å². The second kappa shape index (κ2) is 6.32. The highest BCUT2D eigenvalue weighted by Crippen LogP contribution is 2.20. The largest absolute Gasteiger partial charge is 0.362 e. The van der Waals surface area contributed by atoms with Gasteiger partial charge in [0.05, 0.1) is 4.90 Å². The number of aryl methyl sites for hydroxylation is 2. The van der Waals surface area contributed by atoms with Crippen molar-refractivity contribution >= 4 is 15.9 Å². The van der Waals surface area contributed by atoms with E-state index in [1.54, 1.807) is 38.1 Å². The Hall–Kier alpha value is -2.14. The van der Waals surface area contributed by atoms with Crippen LogP contribution in [-0.4, -0.2) is 33.2 Å². The lowest BCUT2D eigenvalue weighted by Crippen LogP contribution is -2.24. The van der Waals surface area contributed by atoms with E-state index >= 15 is 0 Å². The molecule has 0 unspecified atom stereocenters. The Balaban J connectivity index is 2.59. The monoisotopic (exact) mass is 316 g/mol. The fourth-order valence-corrected chi connectivity index (χ4v) is 3.53. The molecule has 0 spiro atoms. The van der Waals surface area contributed by atoms with Crippen LogP contribution in [-0.2, 0) is 10.0 Å². The molecule has 0 aromatic heterocycles. The molecule has 0 radical (unpaired) electrons. The molecule has 0 aliphatic rings. The molecule has 0 amide bonds. The summed E-state index contributed by atoms with van der Waals surface area (Å²) in [6, 6.07) is 14.6. The van der Waals surface area contributed by atoms with E-state index < -0.39 is 10.0 Å². The second-order valence-electron chi connectivity index (χ2n) is 5.42. The molecule has 5 heteroatoms. The lowest BCUT2D eigenvalue weighted by atomic mass is 10.2. The molecule has 0 atom stereocenters. The standard InChI is InChI=1S/C17H20N2O2S/c1-13-10-11-14(2)16(12-13)22(20,21)18-17(19(3)4)15-8-6-5-7-9-15/h5-12H,1-4H3. The topological polar surface area (TPSA) is 49.7 Å². The van der Waals surface area contributed by atoms with Crippen molar-refractivity contribution in [1.29, 1.82) is 0 Å². The molecule has 2 aromatic rings. The van der Waals surface area contributed by atoms with Crippen LogP contribution in [0.25, 0.3) is 0 Å². The molecule has 2 rings (SSSR count). The van der Waals surface area contributed by atoms with Crippen molar-refractivity contribution in [1.82, 2.24) is 4.90 Å². The molecular formula is C17H20N2O2S. The molecule has 4 nitrogen and oxygen atoms in total. The number of hydrogen-bond acceptors (Lipinski definition) is 2. The van der Waals surface area contributed by atoms with E-state index in [-0.39, 0.29) is 4.90 Å². The molecule has 0 fully saturated rings. The van der Waals surface area contributed by atoms with Crippen LogP contribution in [0, 0.1) is 13.8 Å². The molecule has 0 saturated carbocycles. The van der Waals surface area contributed by atoms with Gasteiger partial charge >= 0.3 is 0 Å². The fourth-order valence-electron chi connectivity index (χ4n) is 2.13. The molecule has 116 valence electrons. The number of sulfonamides is 1. The van der Waals surface area contributed by atoms with Crippen LogP contribution in [0.1, 0.15) is 16.7 Å². The van der Waals surface area contributed by atoms with Gasteiger partial charge in [0.1, 0.15) is 5.84 Å². The number of amidine groups is 1. The van der Waals surface area contributed by atoms with Crippen LogP contribution >= 0.6 is 0 Å². The van der Waals surface area contributed by atoms with Gasteiger partial charge in [0.25, 0.3) is 10.0 Å². The van der Waals surface area contributed by atoms with Gasteiger partial charge in [0.2, 0.25) is 0 Å². The number of hydrogen-bond donors (Lipinski definition) is 0. The van der Waals surface area contributed by atoms with Gasteiger partial charge in [-0.3, -0.25) is 0 Å². The average molecular weight is 316 g/mol. The lowest BCUT2D eigenvalue weighted by Gasteiger charge is -2.16. The molecule has 2 aromatic carbocycles. The van der Waals surface area contributed by atoms with Gasteiger partial charge in [-0.1, -0.05) is 42.5 Å². The normalized spacial score (nSPS) is 12.3. The quantitative estimate of drug-likeness (QED) is 0.646. The van der Waals surface area contributed by atoms with Gasteiger partial charge in [-0.2, -0.15) is 8.42 Å². The first-order chi connectivity index (χ1) is 10.3. The summed E-state index contributed by atoms with van der Waals surface area (Å²) in [7, 11) is -0.195. The minimum absolute atomic E-state index is 0.253. The molecule has 0 aliphatic carbocycles. The van der Waals surface area contributed by atoms with Crippen molar-refractivity contribution in [3.8, 4) is 0 Å². The van der Waals surface area contributed by atoms with E-state index in [0.717, 1.165) is 11.1 Å². The predicted molar refractivity (Wildman–Crippen MR) is 89.8 cm³/mol. The zero-order valence-corrected chi connectivity index (χ0v) is 14.1. The van der Waals surface area contributed by atoms with Crippen molar-refractivity contribution in [2.45, 2.75) is 18.7 Å². The highest BCUT2D eigenvalue weighted by atomic mass is 32.2. The first-order valence-corrected chi connectivity index (χ1v) is 8.40. The first kappa shape index (κ1) is 16.2. The van der Waals surface area contributed by atoms with Crippen LogP contribution in [0.2, 0.25) is 0 Å². The molecule has 22 heavy (non-hydrogen) atoms. The second-order valence-corrected chi connectivity index (χ2v) is 6.99. The fraction of sp³-hybridized carbons (Fsp3) is 0.235. The third-order valence-corrected chi connectivity index (χ3v) is 4.69. The zero-order chi connectivity index (χ0) is 16.3. The minimum atomic E-state index is -3.76. The van der Waals surface area contributed by atoms with Crippen molar-refractivity contribution in [2.75, 3.05) is 14.1 Å². The summed E-state index contributed by atoms with van der Waals surface area (Å²) in [6.45, 7) is 3.64. The number of rotatable bonds is 3. The van der Waals surface area contributed by atoms with E-state index in [0.29, 0.717) is 11.4 Å². The van der Waals surface area contributed by atoms with Gasteiger partial charge in [0.15, 0.2) is 0 Å². The summed E-state index contributed by atoms with van der Waals surface area (Å²) in [5.41, 5.74) is 2.35. The predicted octanol–water partition coefficient (Wildman–Crippen LogP) is 3.00. The molecule has 0 aliphatic heterocycles. The molecule has 0 N–H and O–H groups in total. The van der Waals surface area contributed by atoms with E-state index in [1.165, 1.54) is 0 Å². The maximum absolute atomic E-state index is 12.7. The van der Waals surface area contributed by atoms with Gasteiger partial charge in [-0.05, 0) is 31.0 Å². The van der Waals surface area contributed by atoms with Gasteiger partial charge in [-0.15, -0.1) is 4.40 Å².